The van der Waals surface area contributed by atoms with E-state index in [4.69, 9.17) is 9.47 Å². The largest absolute Gasteiger partial charge is 0.353 e. The van der Waals surface area contributed by atoms with Gasteiger partial charge in [0.1, 0.15) is 0 Å². The molecule has 0 aromatic rings. The van der Waals surface area contributed by atoms with Gasteiger partial charge < -0.3 is 9.47 Å². The van der Waals surface area contributed by atoms with Crippen LogP contribution in [0.5, 0.6) is 0 Å². The molecule has 0 aliphatic carbocycles. The van der Waals surface area contributed by atoms with Gasteiger partial charge in [0.25, 0.3) is 0 Å². The van der Waals surface area contributed by atoms with E-state index in [9.17, 15) is 0 Å². The quantitative estimate of drug-likeness (QED) is 0.589. The number of rotatable bonds is 2. The molecule has 0 spiro atoms. The fourth-order valence-electron chi connectivity index (χ4n) is 1.12. The van der Waals surface area contributed by atoms with Crippen LogP contribution in [-0.2, 0) is 9.47 Å². The van der Waals surface area contributed by atoms with Crippen molar-refractivity contribution in [1.82, 2.24) is 0 Å². The summed E-state index contributed by atoms with van der Waals surface area (Å²) in [5.41, 5.74) is 0. The van der Waals surface area contributed by atoms with Crippen molar-refractivity contribution in [3.8, 4) is 0 Å². The van der Waals surface area contributed by atoms with Crippen LogP contribution in [0.1, 0.15) is 33.1 Å². The summed E-state index contributed by atoms with van der Waals surface area (Å²) in [5, 5.41) is 0. The fraction of sp³-hybridized carbons (Fsp3) is 1.00. The highest BCUT2D eigenvalue weighted by Crippen LogP contribution is 2.15. The van der Waals surface area contributed by atoms with Crippen LogP contribution in [0.2, 0.25) is 0 Å². The molecule has 2 heteroatoms. The number of hydrogen-bond donors (Lipinski definition) is 0. The molecule has 0 N–H and O–H groups in total. The van der Waals surface area contributed by atoms with Crippen molar-refractivity contribution in [2.75, 3.05) is 6.61 Å². The predicted octanol–water partition coefficient (Wildman–Crippen LogP) is 1.94. The zero-order valence-electron chi connectivity index (χ0n) is 6.80. The van der Waals surface area contributed by atoms with Crippen LogP contribution in [0.3, 0.4) is 0 Å². The molecule has 60 valence electrons. The Morgan fingerprint density at radius 3 is 2.90 bits per heavy atom. The summed E-state index contributed by atoms with van der Waals surface area (Å²) in [6.45, 7) is 5.11. The van der Waals surface area contributed by atoms with Crippen LogP contribution in [0, 0.1) is 0 Å². The maximum atomic E-state index is 5.50. The van der Waals surface area contributed by atoms with Crippen molar-refractivity contribution in [1.29, 1.82) is 0 Å². The first-order chi connectivity index (χ1) is 4.83. The van der Waals surface area contributed by atoms with E-state index in [1.165, 1.54) is 0 Å². The molecule has 2 nitrogen and oxygen atoms in total. The minimum Gasteiger partial charge on any atom is -0.353 e. The van der Waals surface area contributed by atoms with E-state index in [1.807, 2.05) is 0 Å². The third-order valence-corrected chi connectivity index (χ3v) is 1.74. The van der Waals surface area contributed by atoms with Crippen LogP contribution >= 0.6 is 0 Å². The molecule has 0 saturated carbocycles. The normalized spacial score (nSPS) is 34.2. The lowest BCUT2D eigenvalue weighted by atomic mass is 10.2. The van der Waals surface area contributed by atoms with Crippen molar-refractivity contribution < 1.29 is 9.47 Å². The smallest absolute Gasteiger partial charge is 0.157 e. The van der Waals surface area contributed by atoms with Gasteiger partial charge in [0.05, 0.1) is 12.7 Å². The molecule has 0 aromatic carbocycles. The van der Waals surface area contributed by atoms with E-state index in [-0.39, 0.29) is 6.29 Å². The molecule has 10 heavy (non-hydrogen) atoms. The third kappa shape index (κ3) is 2.27. The highest BCUT2D eigenvalue weighted by Gasteiger charge is 2.17. The van der Waals surface area contributed by atoms with Crippen molar-refractivity contribution in [2.24, 2.45) is 0 Å². The van der Waals surface area contributed by atoms with E-state index < -0.39 is 0 Å². The molecular weight excluding hydrogens is 128 g/mol. The molecule has 2 atom stereocenters. The summed E-state index contributed by atoms with van der Waals surface area (Å²) in [4.78, 5) is 0. The summed E-state index contributed by atoms with van der Waals surface area (Å²) in [6.07, 6.45) is 3.68. The standard InChI is InChI=1S/C8H16O2/c1-3-4-8-9-6-5-7(2)10-8/h7-8H,3-6H2,1-2H3/t7-,8+/m1/s1. The van der Waals surface area contributed by atoms with Gasteiger partial charge in [0.15, 0.2) is 6.29 Å². The second kappa shape index (κ2) is 3.94. The molecule has 1 heterocycles. The minimum atomic E-state index is 0.0775. The Bertz CT molecular complexity index is 91.3. The van der Waals surface area contributed by atoms with Crippen LogP contribution in [0.25, 0.3) is 0 Å². The van der Waals surface area contributed by atoms with Gasteiger partial charge in [0, 0.05) is 0 Å². The second-order valence-corrected chi connectivity index (χ2v) is 2.82. The van der Waals surface area contributed by atoms with Gasteiger partial charge in [0.2, 0.25) is 0 Å². The van der Waals surface area contributed by atoms with E-state index in [1.54, 1.807) is 0 Å². The Labute approximate surface area is 62.5 Å². The molecule has 0 unspecified atom stereocenters. The molecule has 0 bridgehead atoms. The summed E-state index contributed by atoms with van der Waals surface area (Å²) in [5.74, 6) is 0. The fourth-order valence-corrected chi connectivity index (χ4v) is 1.12. The molecule has 1 aliphatic rings. The van der Waals surface area contributed by atoms with Crippen molar-refractivity contribution in [3.05, 3.63) is 0 Å². The first kappa shape index (κ1) is 8.02. The van der Waals surface area contributed by atoms with Gasteiger partial charge in [-0.1, -0.05) is 13.3 Å². The average molecular weight is 144 g/mol. The zero-order valence-corrected chi connectivity index (χ0v) is 6.80. The molecule has 0 amide bonds. The molecule has 1 rings (SSSR count). The predicted molar refractivity (Wildman–Crippen MR) is 39.8 cm³/mol. The van der Waals surface area contributed by atoms with Crippen molar-refractivity contribution >= 4 is 0 Å². The Morgan fingerprint density at radius 2 is 2.30 bits per heavy atom. The summed E-state index contributed by atoms with van der Waals surface area (Å²) in [7, 11) is 0. The van der Waals surface area contributed by atoms with Gasteiger partial charge in [-0.2, -0.15) is 0 Å². The van der Waals surface area contributed by atoms with Crippen LogP contribution in [0.4, 0.5) is 0 Å². The highest BCUT2D eigenvalue weighted by atomic mass is 16.7. The van der Waals surface area contributed by atoms with E-state index in [2.05, 4.69) is 13.8 Å². The zero-order chi connectivity index (χ0) is 7.40. The van der Waals surface area contributed by atoms with Gasteiger partial charge in [-0.15, -0.1) is 0 Å². The molecule has 1 saturated heterocycles. The lowest BCUT2D eigenvalue weighted by Gasteiger charge is -2.27. The Balaban J connectivity index is 2.18. The summed E-state index contributed by atoms with van der Waals surface area (Å²) >= 11 is 0. The number of hydrogen-bond acceptors (Lipinski definition) is 2. The molecule has 1 fully saturated rings. The Hall–Kier alpha value is -0.0800. The Morgan fingerprint density at radius 1 is 1.50 bits per heavy atom. The monoisotopic (exact) mass is 144 g/mol. The van der Waals surface area contributed by atoms with E-state index in [0.717, 1.165) is 25.9 Å². The van der Waals surface area contributed by atoms with Crippen molar-refractivity contribution in [3.63, 3.8) is 0 Å². The molecule has 0 aromatic heterocycles. The van der Waals surface area contributed by atoms with Gasteiger partial charge in [-0.3, -0.25) is 0 Å². The first-order valence-electron chi connectivity index (χ1n) is 4.10. The van der Waals surface area contributed by atoms with Crippen LogP contribution in [-0.4, -0.2) is 19.0 Å². The van der Waals surface area contributed by atoms with Crippen molar-refractivity contribution in [2.45, 2.75) is 45.5 Å². The maximum Gasteiger partial charge on any atom is 0.157 e. The van der Waals surface area contributed by atoms with Crippen LogP contribution < -0.4 is 0 Å². The van der Waals surface area contributed by atoms with Gasteiger partial charge in [-0.05, 0) is 19.8 Å². The Kier molecular flexibility index (Phi) is 3.16. The van der Waals surface area contributed by atoms with E-state index >= 15 is 0 Å². The lowest BCUT2D eigenvalue weighted by Crippen LogP contribution is -2.30. The summed E-state index contributed by atoms with van der Waals surface area (Å²) in [6, 6.07) is 0. The molecule has 0 radical (unpaired) electrons. The van der Waals surface area contributed by atoms with Gasteiger partial charge >= 0.3 is 0 Å². The first-order valence-corrected chi connectivity index (χ1v) is 4.10. The van der Waals surface area contributed by atoms with E-state index in [0.29, 0.717) is 6.10 Å². The topological polar surface area (TPSA) is 18.5 Å². The molecule has 1 aliphatic heterocycles. The minimum absolute atomic E-state index is 0.0775. The third-order valence-electron chi connectivity index (χ3n) is 1.74. The SMILES string of the molecule is CCC[C@H]1OCC[C@@H](C)O1. The van der Waals surface area contributed by atoms with Crippen LogP contribution in [0.15, 0.2) is 0 Å². The highest BCUT2D eigenvalue weighted by molar-refractivity contribution is 4.58. The average Bonchev–Trinajstić information content (AvgIpc) is 1.88. The number of ether oxygens (including phenoxy) is 2. The maximum absolute atomic E-state index is 5.50. The van der Waals surface area contributed by atoms with Gasteiger partial charge in [-0.25, -0.2) is 0 Å². The lowest BCUT2D eigenvalue weighted by molar-refractivity contribution is -0.209. The molecular formula is C8H16O2. The second-order valence-electron chi connectivity index (χ2n) is 2.82. The summed E-state index contributed by atoms with van der Waals surface area (Å²) < 4.78 is 10.9.